The van der Waals surface area contributed by atoms with Crippen LogP contribution >= 0.6 is 0 Å². The number of benzene rings is 1. The Morgan fingerprint density at radius 1 is 1.23 bits per heavy atom. The third-order valence-electron chi connectivity index (χ3n) is 7.29. The van der Waals surface area contributed by atoms with E-state index in [2.05, 4.69) is 20.5 Å². The van der Waals surface area contributed by atoms with Crippen LogP contribution in [0, 0.1) is 5.92 Å². The Kier molecular flexibility index (Phi) is 9.58. The molecule has 1 aliphatic carbocycles. The molecule has 2 aromatic rings. The number of hydrogen-bond donors (Lipinski definition) is 2. The molecule has 0 radical (unpaired) electrons. The lowest BCUT2D eigenvalue weighted by Gasteiger charge is -2.39. The first-order valence-corrected chi connectivity index (χ1v) is 15.3. The van der Waals surface area contributed by atoms with E-state index < -0.39 is 53.3 Å². The number of aromatic nitrogens is 2. The number of rotatable bonds is 13. The number of hydrogen-bond acceptors (Lipinski definition) is 10. The van der Waals surface area contributed by atoms with Crippen LogP contribution < -0.4 is 24.4 Å². The average Bonchev–Trinajstić information content (AvgIpc) is 3.71. The van der Waals surface area contributed by atoms with Gasteiger partial charge in [0.15, 0.2) is 17.1 Å². The standard InChI is InChI=1S/C27H36F3N5O8S/c1-6-34-13-22(25(33-34)41-14-23(37)40-5)44(38,39)35-12-21(24(17-7-8-17)32-16(2)36)43-20-10-9-18(11-19(20)35)31-15-42-26(3,4)27(28,29)30/h9-11,13,17,21,24,31H,6-8,12,14-15H2,1-5H3,(H,32,36). The average molecular weight is 648 g/mol. The molecule has 44 heavy (non-hydrogen) atoms. The van der Waals surface area contributed by atoms with Crippen molar-refractivity contribution in [3.63, 3.8) is 0 Å². The summed E-state index contributed by atoms with van der Waals surface area (Å²) in [5.41, 5.74) is -2.08. The molecule has 0 spiro atoms. The molecular weight excluding hydrogens is 611 g/mol. The predicted molar refractivity (Wildman–Crippen MR) is 151 cm³/mol. The van der Waals surface area contributed by atoms with Gasteiger partial charge in [0.25, 0.3) is 15.9 Å². The van der Waals surface area contributed by atoms with Crippen molar-refractivity contribution in [3.8, 4) is 11.6 Å². The Morgan fingerprint density at radius 2 is 1.93 bits per heavy atom. The van der Waals surface area contributed by atoms with Gasteiger partial charge >= 0.3 is 12.1 Å². The molecule has 13 nitrogen and oxygen atoms in total. The van der Waals surface area contributed by atoms with Gasteiger partial charge in [-0.3, -0.25) is 13.8 Å². The first kappa shape index (κ1) is 33.2. The molecule has 2 heterocycles. The van der Waals surface area contributed by atoms with Gasteiger partial charge in [-0.05, 0) is 57.7 Å². The summed E-state index contributed by atoms with van der Waals surface area (Å²) in [5, 5.41) is 9.78. The predicted octanol–water partition coefficient (Wildman–Crippen LogP) is 3.05. The maximum absolute atomic E-state index is 14.3. The lowest BCUT2D eigenvalue weighted by atomic mass is 10.0. The number of carbonyl (C=O) groups is 2. The number of nitrogens with one attached hydrogen (secondary N) is 2. The molecule has 1 amide bonds. The zero-order valence-corrected chi connectivity index (χ0v) is 25.8. The number of amides is 1. The highest BCUT2D eigenvalue weighted by molar-refractivity contribution is 7.93. The highest BCUT2D eigenvalue weighted by Crippen LogP contribution is 2.43. The fourth-order valence-electron chi connectivity index (χ4n) is 4.51. The molecule has 2 atom stereocenters. The molecule has 1 aromatic carbocycles. The second-order valence-corrected chi connectivity index (χ2v) is 12.8. The lowest BCUT2D eigenvalue weighted by Crippen LogP contribution is -2.55. The van der Waals surface area contributed by atoms with Crippen LogP contribution in [0.5, 0.6) is 11.6 Å². The summed E-state index contributed by atoms with van der Waals surface area (Å²) in [6.45, 7) is 3.86. The smallest absolute Gasteiger partial charge is 0.416 e. The third kappa shape index (κ3) is 7.31. The van der Waals surface area contributed by atoms with Gasteiger partial charge in [0.05, 0.1) is 25.4 Å². The summed E-state index contributed by atoms with van der Waals surface area (Å²) in [6, 6.07) is 3.93. The highest BCUT2D eigenvalue weighted by Gasteiger charge is 2.49. The van der Waals surface area contributed by atoms with Crippen LogP contribution in [0.2, 0.25) is 0 Å². The van der Waals surface area contributed by atoms with E-state index in [9.17, 15) is 31.2 Å². The molecule has 1 aromatic heterocycles. The Labute approximate surface area is 253 Å². The summed E-state index contributed by atoms with van der Waals surface area (Å²) in [4.78, 5) is 23.4. The number of methoxy groups -OCH3 is 1. The van der Waals surface area contributed by atoms with E-state index in [0.717, 1.165) is 38.1 Å². The number of halogens is 3. The summed E-state index contributed by atoms with van der Waals surface area (Å²) < 4.78 is 92.0. The maximum Gasteiger partial charge on any atom is 0.416 e. The summed E-state index contributed by atoms with van der Waals surface area (Å²) >= 11 is 0. The largest absolute Gasteiger partial charge is 0.484 e. The molecule has 17 heteroatoms. The quantitative estimate of drug-likeness (QED) is 0.245. The van der Waals surface area contributed by atoms with Gasteiger partial charge in [-0.2, -0.15) is 13.2 Å². The zero-order chi connectivity index (χ0) is 32.4. The number of carbonyl (C=O) groups excluding carboxylic acids is 2. The SMILES string of the molecule is CCn1cc(S(=O)(=O)N2CC(C(NC(C)=O)C3CC3)Oc3ccc(NCOC(C)(C)C(F)(F)F)cc32)c(OCC(=O)OC)n1. The molecule has 1 fully saturated rings. The molecule has 2 N–H and O–H groups in total. The normalized spacial score (nSPS) is 17.7. The van der Waals surface area contributed by atoms with Crippen molar-refractivity contribution in [1.29, 1.82) is 0 Å². The van der Waals surface area contributed by atoms with Crippen LogP contribution in [0.3, 0.4) is 0 Å². The first-order chi connectivity index (χ1) is 20.6. The first-order valence-electron chi connectivity index (χ1n) is 13.9. The van der Waals surface area contributed by atoms with Crippen LogP contribution in [-0.4, -0.2) is 81.0 Å². The Bertz CT molecular complexity index is 1480. The minimum absolute atomic E-state index is 0.0851. The fourth-order valence-corrected chi connectivity index (χ4v) is 6.07. The van der Waals surface area contributed by atoms with E-state index >= 15 is 0 Å². The van der Waals surface area contributed by atoms with Gasteiger partial charge in [0.1, 0.15) is 18.6 Å². The van der Waals surface area contributed by atoms with Crippen molar-refractivity contribution in [1.82, 2.24) is 15.1 Å². The van der Waals surface area contributed by atoms with Crippen LogP contribution in [0.1, 0.15) is 40.5 Å². The number of nitrogens with zero attached hydrogens (tertiary/aromatic N) is 3. The Hall–Kier alpha value is -3.73. The van der Waals surface area contributed by atoms with Crippen LogP contribution in [0.4, 0.5) is 24.5 Å². The van der Waals surface area contributed by atoms with E-state index in [1.165, 1.54) is 36.0 Å². The molecule has 1 saturated carbocycles. The van der Waals surface area contributed by atoms with Crippen LogP contribution in [0.15, 0.2) is 29.3 Å². The Morgan fingerprint density at radius 3 is 2.52 bits per heavy atom. The summed E-state index contributed by atoms with van der Waals surface area (Å²) in [5.74, 6) is -1.10. The van der Waals surface area contributed by atoms with E-state index in [-0.39, 0.29) is 46.3 Å². The third-order valence-corrected chi connectivity index (χ3v) is 9.05. The number of aryl methyl sites for hydroxylation is 1. The lowest BCUT2D eigenvalue weighted by molar-refractivity contribution is -0.261. The van der Waals surface area contributed by atoms with E-state index in [0.29, 0.717) is 6.54 Å². The molecule has 2 unspecified atom stereocenters. The topological polar surface area (TPSA) is 150 Å². The van der Waals surface area contributed by atoms with Crippen molar-refractivity contribution in [2.45, 2.75) is 75.9 Å². The zero-order valence-electron chi connectivity index (χ0n) is 24.9. The number of anilines is 2. The number of ether oxygens (including phenoxy) is 4. The molecule has 1 aliphatic heterocycles. The van der Waals surface area contributed by atoms with E-state index in [1.54, 1.807) is 6.92 Å². The number of alkyl halides is 3. The summed E-state index contributed by atoms with van der Waals surface area (Å²) in [6.07, 6.45) is -2.45. The maximum atomic E-state index is 14.3. The fraction of sp³-hybridized carbons (Fsp3) is 0.593. The van der Waals surface area contributed by atoms with E-state index in [1.807, 2.05) is 0 Å². The minimum Gasteiger partial charge on any atom is -0.484 e. The number of sulfonamides is 1. The molecule has 0 saturated heterocycles. The van der Waals surface area contributed by atoms with E-state index in [4.69, 9.17) is 14.2 Å². The minimum atomic E-state index is -4.61. The number of fused-ring (bicyclic) bond motifs is 1. The van der Waals surface area contributed by atoms with Crippen molar-refractivity contribution in [2.75, 3.05) is 36.6 Å². The number of esters is 1. The van der Waals surface area contributed by atoms with Gasteiger partial charge in [-0.15, -0.1) is 5.10 Å². The Balaban J connectivity index is 1.72. The van der Waals surface area contributed by atoms with Gasteiger partial charge in [-0.25, -0.2) is 13.2 Å². The van der Waals surface area contributed by atoms with Crippen molar-refractivity contribution >= 4 is 33.3 Å². The summed E-state index contributed by atoms with van der Waals surface area (Å²) in [7, 11) is -3.30. The van der Waals surface area contributed by atoms with Gasteiger partial charge in [0.2, 0.25) is 5.91 Å². The van der Waals surface area contributed by atoms with Gasteiger partial charge in [0, 0.05) is 25.4 Å². The highest BCUT2D eigenvalue weighted by atomic mass is 32.2. The van der Waals surface area contributed by atoms with Gasteiger partial charge < -0.3 is 29.6 Å². The van der Waals surface area contributed by atoms with Crippen molar-refractivity contribution in [2.24, 2.45) is 5.92 Å². The van der Waals surface area contributed by atoms with Crippen LogP contribution in [-0.2, 0) is 35.6 Å². The van der Waals surface area contributed by atoms with Gasteiger partial charge in [-0.1, -0.05) is 0 Å². The van der Waals surface area contributed by atoms with Crippen molar-refractivity contribution < 1.29 is 50.1 Å². The van der Waals surface area contributed by atoms with Crippen molar-refractivity contribution in [3.05, 3.63) is 24.4 Å². The molecule has 244 valence electrons. The molecular formula is C27H36F3N5O8S. The molecule has 2 aliphatic rings. The molecule has 4 rings (SSSR count). The second kappa shape index (κ2) is 12.7. The second-order valence-electron chi connectivity index (χ2n) is 10.9. The van der Waals surface area contributed by atoms with Crippen LogP contribution in [0.25, 0.3) is 0 Å². The molecule has 0 bridgehead atoms. The monoisotopic (exact) mass is 647 g/mol.